The predicted molar refractivity (Wildman–Crippen MR) is 93.1 cm³/mol. The van der Waals surface area contributed by atoms with Gasteiger partial charge in [-0.15, -0.1) is 0 Å². The summed E-state index contributed by atoms with van der Waals surface area (Å²) in [6.07, 6.45) is 0.837. The molecule has 0 fully saturated rings. The van der Waals surface area contributed by atoms with E-state index in [4.69, 9.17) is 0 Å². The quantitative estimate of drug-likeness (QED) is 0.838. The van der Waals surface area contributed by atoms with E-state index in [1.807, 2.05) is 39.0 Å². The van der Waals surface area contributed by atoms with E-state index < -0.39 is 11.5 Å². The molecule has 1 aromatic carbocycles. The highest BCUT2D eigenvalue weighted by molar-refractivity contribution is 9.10. The van der Waals surface area contributed by atoms with Crippen molar-refractivity contribution in [3.05, 3.63) is 51.8 Å². The maximum atomic E-state index is 12.6. The smallest absolute Gasteiger partial charge is 0.230 e. The first-order valence-corrected chi connectivity index (χ1v) is 8.23. The molecule has 0 aliphatic carbocycles. The molecule has 0 saturated carbocycles. The van der Waals surface area contributed by atoms with Gasteiger partial charge in [0, 0.05) is 24.3 Å². The van der Waals surface area contributed by atoms with Crippen LogP contribution in [0.4, 0.5) is 0 Å². The second-order valence-electron chi connectivity index (χ2n) is 6.19. The number of hydrogen-bond acceptors (Lipinski definition) is 3. The Morgan fingerprint density at radius 3 is 2.70 bits per heavy atom. The van der Waals surface area contributed by atoms with Crippen LogP contribution in [0.3, 0.4) is 0 Å². The van der Waals surface area contributed by atoms with Crippen molar-refractivity contribution in [2.24, 2.45) is 7.05 Å². The molecular weight excluding hydrogens is 358 g/mol. The van der Waals surface area contributed by atoms with E-state index in [0.29, 0.717) is 5.69 Å². The fourth-order valence-electron chi connectivity index (χ4n) is 2.39. The van der Waals surface area contributed by atoms with E-state index >= 15 is 0 Å². The average Bonchev–Trinajstić information content (AvgIpc) is 2.93. The summed E-state index contributed by atoms with van der Waals surface area (Å²) in [5.74, 6) is -0.125. The van der Waals surface area contributed by atoms with Crippen LogP contribution in [0.1, 0.15) is 36.8 Å². The van der Waals surface area contributed by atoms with Gasteiger partial charge < -0.3 is 10.4 Å². The summed E-state index contributed by atoms with van der Waals surface area (Å²) in [4.78, 5) is 12.6. The molecule has 2 rings (SSSR count). The number of amides is 1. The van der Waals surface area contributed by atoms with Crippen LogP contribution in [0.5, 0.6) is 0 Å². The zero-order chi connectivity index (χ0) is 17.2. The second kappa shape index (κ2) is 6.84. The topological polar surface area (TPSA) is 67.2 Å². The van der Waals surface area contributed by atoms with E-state index in [2.05, 4.69) is 26.3 Å². The summed E-state index contributed by atoms with van der Waals surface area (Å²) in [5.41, 5.74) is 2.00. The highest BCUT2D eigenvalue weighted by Crippen LogP contribution is 2.27. The minimum atomic E-state index is -0.783. The van der Waals surface area contributed by atoms with E-state index in [0.717, 1.165) is 15.6 Å². The Morgan fingerprint density at radius 2 is 2.13 bits per heavy atom. The minimum absolute atomic E-state index is 0.125. The van der Waals surface area contributed by atoms with Gasteiger partial charge in [0.1, 0.15) is 6.10 Å². The summed E-state index contributed by atoms with van der Waals surface area (Å²) >= 11 is 3.47. The van der Waals surface area contributed by atoms with Gasteiger partial charge >= 0.3 is 0 Å². The highest BCUT2D eigenvalue weighted by Gasteiger charge is 2.30. The molecule has 0 aliphatic heterocycles. The summed E-state index contributed by atoms with van der Waals surface area (Å²) in [7, 11) is 1.76. The lowest BCUT2D eigenvalue weighted by atomic mass is 9.83. The fraction of sp³-hybridized carbons (Fsp3) is 0.412. The number of carbonyl (C=O) groups is 1. The molecule has 0 bridgehead atoms. The van der Waals surface area contributed by atoms with Crippen LogP contribution >= 0.6 is 15.9 Å². The molecule has 124 valence electrons. The minimum Gasteiger partial charge on any atom is -0.385 e. The molecule has 2 aromatic rings. The third kappa shape index (κ3) is 3.82. The van der Waals surface area contributed by atoms with Gasteiger partial charge in [-0.2, -0.15) is 5.10 Å². The molecule has 0 aliphatic rings. The van der Waals surface area contributed by atoms with Crippen molar-refractivity contribution < 1.29 is 9.90 Å². The van der Waals surface area contributed by atoms with Crippen molar-refractivity contribution in [1.29, 1.82) is 0 Å². The molecule has 2 N–H and O–H groups in total. The standard InChI is InChI=1S/C17H22BrN3O2/c1-11-9-12(5-6-13(11)18)17(2,3)16(23)19-10-15(22)14-7-8-20-21(14)4/h5-9,15,22H,10H2,1-4H3,(H,19,23). The van der Waals surface area contributed by atoms with Gasteiger partial charge in [0.2, 0.25) is 5.91 Å². The first kappa shape index (κ1) is 17.7. The lowest BCUT2D eigenvalue weighted by molar-refractivity contribution is -0.126. The molecular formula is C17H22BrN3O2. The number of nitrogens with zero attached hydrogens (tertiary/aromatic N) is 2. The first-order valence-electron chi connectivity index (χ1n) is 7.44. The lowest BCUT2D eigenvalue weighted by Gasteiger charge is -2.25. The van der Waals surface area contributed by atoms with Crippen LogP contribution < -0.4 is 5.32 Å². The van der Waals surface area contributed by atoms with Crippen LogP contribution in [0, 0.1) is 6.92 Å². The fourth-order valence-corrected chi connectivity index (χ4v) is 2.64. The Morgan fingerprint density at radius 1 is 1.43 bits per heavy atom. The van der Waals surface area contributed by atoms with E-state index in [1.54, 1.807) is 24.0 Å². The molecule has 5 nitrogen and oxygen atoms in total. The molecule has 1 amide bonds. The third-order valence-electron chi connectivity index (χ3n) is 4.10. The molecule has 0 saturated heterocycles. The Bertz CT molecular complexity index is 710. The van der Waals surface area contributed by atoms with Gasteiger partial charge in [0.05, 0.1) is 11.1 Å². The summed E-state index contributed by atoms with van der Waals surface area (Å²) in [5, 5.41) is 17.0. The Kier molecular flexibility index (Phi) is 5.26. The average molecular weight is 380 g/mol. The maximum Gasteiger partial charge on any atom is 0.230 e. The van der Waals surface area contributed by atoms with E-state index in [9.17, 15) is 9.90 Å². The predicted octanol–water partition coefficient (Wildman–Crippen LogP) is 2.62. The van der Waals surface area contributed by atoms with Crippen molar-refractivity contribution in [2.45, 2.75) is 32.3 Å². The monoisotopic (exact) mass is 379 g/mol. The van der Waals surface area contributed by atoms with Crippen LogP contribution in [-0.4, -0.2) is 27.3 Å². The number of hydrogen-bond donors (Lipinski definition) is 2. The number of aryl methyl sites for hydroxylation is 2. The molecule has 23 heavy (non-hydrogen) atoms. The third-order valence-corrected chi connectivity index (χ3v) is 4.99. The number of carbonyl (C=O) groups excluding carboxylic acids is 1. The largest absolute Gasteiger partial charge is 0.385 e. The summed E-state index contributed by atoms with van der Waals surface area (Å²) in [6.45, 7) is 5.90. The number of aliphatic hydroxyl groups excluding tert-OH is 1. The SMILES string of the molecule is Cc1cc(C(C)(C)C(=O)NCC(O)c2ccnn2C)ccc1Br. The summed E-state index contributed by atoms with van der Waals surface area (Å²) in [6, 6.07) is 7.62. The summed E-state index contributed by atoms with van der Waals surface area (Å²) < 4.78 is 2.61. The molecule has 0 spiro atoms. The van der Waals surface area contributed by atoms with Gasteiger partial charge in [-0.1, -0.05) is 28.1 Å². The number of rotatable bonds is 5. The number of nitrogens with one attached hydrogen (secondary N) is 1. The first-order chi connectivity index (χ1) is 10.7. The lowest BCUT2D eigenvalue weighted by Crippen LogP contribution is -2.42. The normalized spacial score (nSPS) is 13.0. The molecule has 0 radical (unpaired) electrons. The molecule has 1 heterocycles. The number of halogens is 1. The van der Waals surface area contributed by atoms with Gasteiger partial charge in [-0.3, -0.25) is 9.48 Å². The van der Waals surface area contributed by atoms with Crippen molar-refractivity contribution in [3.63, 3.8) is 0 Å². The Balaban J connectivity index is 2.06. The Hall–Kier alpha value is -1.66. The van der Waals surface area contributed by atoms with Crippen molar-refractivity contribution in [2.75, 3.05) is 6.54 Å². The highest BCUT2D eigenvalue weighted by atomic mass is 79.9. The van der Waals surface area contributed by atoms with Crippen LogP contribution in [0.25, 0.3) is 0 Å². The van der Waals surface area contributed by atoms with Gasteiger partial charge in [0.15, 0.2) is 0 Å². The van der Waals surface area contributed by atoms with Crippen LogP contribution in [0.2, 0.25) is 0 Å². The van der Waals surface area contributed by atoms with Crippen LogP contribution in [0.15, 0.2) is 34.9 Å². The molecule has 6 heteroatoms. The Labute approximate surface area is 144 Å². The van der Waals surface area contributed by atoms with Crippen molar-refractivity contribution in [1.82, 2.24) is 15.1 Å². The van der Waals surface area contributed by atoms with E-state index in [-0.39, 0.29) is 12.5 Å². The molecule has 1 atom stereocenters. The van der Waals surface area contributed by atoms with Crippen molar-refractivity contribution >= 4 is 21.8 Å². The second-order valence-corrected chi connectivity index (χ2v) is 7.05. The zero-order valence-electron chi connectivity index (χ0n) is 13.8. The van der Waals surface area contributed by atoms with Gasteiger partial charge in [-0.25, -0.2) is 0 Å². The zero-order valence-corrected chi connectivity index (χ0v) is 15.4. The molecule has 1 aromatic heterocycles. The number of aliphatic hydroxyl groups is 1. The maximum absolute atomic E-state index is 12.6. The molecule has 1 unspecified atom stereocenters. The van der Waals surface area contributed by atoms with Gasteiger partial charge in [-0.05, 0) is 44.0 Å². The van der Waals surface area contributed by atoms with E-state index in [1.165, 1.54) is 0 Å². The van der Waals surface area contributed by atoms with Gasteiger partial charge in [0.25, 0.3) is 0 Å². The van der Waals surface area contributed by atoms with Crippen LogP contribution in [-0.2, 0) is 17.3 Å². The number of aromatic nitrogens is 2. The number of benzene rings is 1. The van der Waals surface area contributed by atoms with Crippen molar-refractivity contribution in [3.8, 4) is 0 Å².